The highest BCUT2D eigenvalue weighted by Crippen LogP contribution is 2.35. The van der Waals surface area contributed by atoms with E-state index in [4.69, 9.17) is 20.2 Å². The van der Waals surface area contributed by atoms with E-state index in [-0.39, 0.29) is 18.6 Å². The van der Waals surface area contributed by atoms with E-state index in [9.17, 15) is 5.11 Å². The largest absolute Gasteiger partial charge is 0.496 e. The summed E-state index contributed by atoms with van der Waals surface area (Å²) in [5.74, 6) is 3.12. The van der Waals surface area contributed by atoms with E-state index in [0.29, 0.717) is 30.6 Å². The number of nitrogens with zero attached hydrogens (tertiary/aromatic N) is 4. The molecule has 2 aromatic carbocycles. The number of para-hydroxylation sites is 1. The number of nitrogens with two attached hydrogens (primary N) is 1. The third-order valence-electron chi connectivity index (χ3n) is 8.47. The maximum atomic E-state index is 9.68. The van der Waals surface area contributed by atoms with E-state index in [1.165, 1.54) is 5.56 Å². The van der Waals surface area contributed by atoms with E-state index in [1.54, 1.807) is 7.11 Å². The number of rotatable bonds is 11. The Bertz CT molecular complexity index is 1470. The Kier molecular flexibility index (Phi) is 7.78. The molecule has 0 aliphatic carbocycles. The lowest BCUT2D eigenvalue weighted by Crippen LogP contribution is -2.22. The van der Waals surface area contributed by atoms with Crippen molar-refractivity contribution in [3.8, 4) is 5.75 Å². The van der Waals surface area contributed by atoms with E-state index < -0.39 is 0 Å². The van der Waals surface area contributed by atoms with Crippen LogP contribution in [0.4, 0.5) is 11.8 Å². The third kappa shape index (κ3) is 5.21. The summed E-state index contributed by atoms with van der Waals surface area (Å²) in [6.07, 6.45) is 2.56. The van der Waals surface area contributed by atoms with Crippen LogP contribution in [0.25, 0.3) is 21.9 Å². The Morgan fingerprint density at radius 3 is 2.65 bits per heavy atom. The molecule has 0 amide bonds. The normalized spacial score (nSPS) is 19.9. The van der Waals surface area contributed by atoms with Gasteiger partial charge in [-0.15, -0.1) is 0 Å². The number of nitrogens with one attached hydrogen (secondary N) is 1. The number of ether oxygens (including phenoxy) is 2. The van der Waals surface area contributed by atoms with Crippen molar-refractivity contribution in [1.82, 2.24) is 19.4 Å². The van der Waals surface area contributed by atoms with Crippen LogP contribution in [-0.2, 0) is 17.8 Å². The van der Waals surface area contributed by atoms with Crippen molar-refractivity contribution < 1.29 is 14.6 Å². The van der Waals surface area contributed by atoms with Crippen LogP contribution in [0.2, 0.25) is 0 Å². The van der Waals surface area contributed by atoms with Gasteiger partial charge in [-0.3, -0.25) is 4.90 Å². The fourth-order valence-corrected chi connectivity index (χ4v) is 6.59. The van der Waals surface area contributed by atoms with Crippen LogP contribution in [-0.4, -0.2) is 70.6 Å². The Balaban J connectivity index is 1.40. The molecule has 9 nitrogen and oxygen atoms in total. The molecule has 0 bridgehead atoms. The first-order valence-corrected chi connectivity index (χ1v) is 14.5. The van der Waals surface area contributed by atoms with Gasteiger partial charge in [0, 0.05) is 55.1 Å². The van der Waals surface area contributed by atoms with E-state index >= 15 is 0 Å². The number of nitrogen functional groups attached to an aromatic ring is 1. The number of aliphatic hydroxyl groups excluding tert-OH is 1. The third-order valence-corrected chi connectivity index (χ3v) is 8.47. The molecule has 6 rings (SSSR count). The van der Waals surface area contributed by atoms with Crippen molar-refractivity contribution in [3.05, 3.63) is 53.6 Å². The summed E-state index contributed by atoms with van der Waals surface area (Å²) in [5, 5.41) is 14.3. The number of aromatic nitrogens is 3. The lowest BCUT2D eigenvalue weighted by molar-refractivity contribution is 0.153. The average molecular weight is 545 g/mol. The van der Waals surface area contributed by atoms with Crippen molar-refractivity contribution in [2.24, 2.45) is 11.8 Å². The maximum absolute atomic E-state index is 9.68. The summed E-state index contributed by atoms with van der Waals surface area (Å²) < 4.78 is 13.8. The lowest BCUT2D eigenvalue weighted by Gasteiger charge is -2.20. The topological polar surface area (TPSA) is 111 Å². The molecule has 0 radical (unpaired) electrons. The fourth-order valence-electron chi connectivity index (χ4n) is 6.59. The second-order valence-electron chi connectivity index (χ2n) is 11.3. The van der Waals surface area contributed by atoms with Gasteiger partial charge in [0.2, 0.25) is 5.95 Å². The number of benzene rings is 2. The van der Waals surface area contributed by atoms with Crippen molar-refractivity contribution in [2.75, 3.05) is 51.1 Å². The van der Waals surface area contributed by atoms with Crippen LogP contribution in [0, 0.1) is 11.8 Å². The molecule has 40 heavy (non-hydrogen) atoms. The predicted octanol–water partition coefficient (Wildman–Crippen LogP) is 4.26. The summed E-state index contributed by atoms with van der Waals surface area (Å²) >= 11 is 0. The zero-order valence-corrected chi connectivity index (χ0v) is 23.5. The van der Waals surface area contributed by atoms with Crippen molar-refractivity contribution in [3.63, 3.8) is 0 Å². The molecule has 2 fully saturated rings. The Morgan fingerprint density at radius 1 is 1.10 bits per heavy atom. The summed E-state index contributed by atoms with van der Waals surface area (Å²) in [7, 11) is 1.73. The molecule has 3 atom stereocenters. The smallest absolute Gasteiger partial charge is 0.222 e. The number of anilines is 2. The van der Waals surface area contributed by atoms with Crippen LogP contribution < -0.4 is 15.8 Å². The summed E-state index contributed by atoms with van der Waals surface area (Å²) in [6.45, 7) is 7.75. The monoisotopic (exact) mass is 544 g/mol. The van der Waals surface area contributed by atoms with E-state index in [0.717, 1.165) is 78.9 Å². The summed E-state index contributed by atoms with van der Waals surface area (Å²) in [6, 6.07) is 14.9. The molecule has 4 N–H and O–H groups in total. The molecule has 2 saturated heterocycles. The number of fused-ring (bicyclic) bond motifs is 4. The van der Waals surface area contributed by atoms with Gasteiger partial charge in [0.25, 0.3) is 0 Å². The van der Waals surface area contributed by atoms with Crippen molar-refractivity contribution >= 4 is 33.7 Å². The van der Waals surface area contributed by atoms with E-state index in [2.05, 4.69) is 63.1 Å². The van der Waals surface area contributed by atoms with Crippen LogP contribution in [0.3, 0.4) is 0 Å². The first kappa shape index (κ1) is 26.8. The standard InChI is InChI=1S/C31H40N6O3/c1-3-6-24(11-12-38)33-30-29-28(34-31(32)35-30)25-7-4-5-8-26(25)37(29)17-21-13-20(9-10-27(21)39-2)14-36-15-22-18-40-19-23(22)16-36/h4-5,7-10,13,22-24,38H,3,6,11-12,14-19H2,1-2H3,(H3,32,33,34,35)/t22-,23+,24-/m0/s1. The summed E-state index contributed by atoms with van der Waals surface area (Å²) in [4.78, 5) is 11.9. The maximum Gasteiger partial charge on any atom is 0.222 e. The van der Waals surface area contributed by atoms with Gasteiger partial charge in [-0.2, -0.15) is 4.98 Å². The van der Waals surface area contributed by atoms with Gasteiger partial charge in [0.1, 0.15) is 16.8 Å². The number of methoxy groups -OCH3 is 1. The second-order valence-corrected chi connectivity index (χ2v) is 11.3. The molecular weight excluding hydrogens is 504 g/mol. The number of hydrogen-bond acceptors (Lipinski definition) is 8. The minimum Gasteiger partial charge on any atom is -0.496 e. The lowest BCUT2D eigenvalue weighted by atomic mass is 10.0. The summed E-state index contributed by atoms with van der Waals surface area (Å²) in [5.41, 5.74) is 11.4. The van der Waals surface area contributed by atoms with Crippen molar-refractivity contribution in [2.45, 2.75) is 45.3 Å². The minimum atomic E-state index is 0.0854. The van der Waals surface area contributed by atoms with Gasteiger partial charge in [0.15, 0.2) is 5.82 Å². The second kappa shape index (κ2) is 11.6. The Labute approximate surface area is 235 Å². The highest BCUT2D eigenvalue weighted by Gasteiger charge is 2.36. The number of aliphatic hydroxyl groups is 1. The zero-order chi connectivity index (χ0) is 27.6. The van der Waals surface area contributed by atoms with Gasteiger partial charge >= 0.3 is 0 Å². The van der Waals surface area contributed by atoms with Gasteiger partial charge in [-0.1, -0.05) is 37.6 Å². The Morgan fingerprint density at radius 2 is 1.90 bits per heavy atom. The quantitative estimate of drug-likeness (QED) is 0.257. The molecular formula is C31H40N6O3. The fraction of sp³-hybridized carbons (Fsp3) is 0.484. The SMILES string of the molecule is CCC[C@@H](CCO)Nc1nc(N)nc2c3ccccc3n(Cc3cc(CN4C[C@H]5COC[C@H]5C4)ccc3OC)c12. The van der Waals surface area contributed by atoms with Gasteiger partial charge in [-0.05, 0) is 36.6 Å². The molecule has 0 saturated carbocycles. The molecule has 2 aliphatic rings. The predicted molar refractivity (Wildman–Crippen MR) is 159 cm³/mol. The zero-order valence-electron chi connectivity index (χ0n) is 23.5. The van der Waals surface area contributed by atoms with Crippen LogP contribution in [0.1, 0.15) is 37.3 Å². The van der Waals surface area contributed by atoms with Gasteiger partial charge in [-0.25, -0.2) is 4.98 Å². The first-order chi connectivity index (χ1) is 19.6. The van der Waals surface area contributed by atoms with Gasteiger partial charge < -0.3 is 30.2 Å². The van der Waals surface area contributed by atoms with Gasteiger partial charge in [0.05, 0.1) is 32.4 Å². The molecule has 2 aliphatic heterocycles. The molecule has 9 heteroatoms. The average Bonchev–Trinajstić information content (AvgIpc) is 3.62. The van der Waals surface area contributed by atoms with Crippen LogP contribution in [0.15, 0.2) is 42.5 Å². The number of hydrogen-bond donors (Lipinski definition) is 3. The highest BCUT2D eigenvalue weighted by molar-refractivity contribution is 6.09. The van der Waals surface area contributed by atoms with E-state index in [1.807, 2.05) is 6.07 Å². The molecule has 212 valence electrons. The minimum absolute atomic E-state index is 0.0854. The molecule has 2 aromatic heterocycles. The van der Waals surface area contributed by atoms with Crippen LogP contribution in [0.5, 0.6) is 5.75 Å². The molecule has 4 aromatic rings. The van der Waals surface area contributed by atoms with Crippen LogP contribution >= 0.6 is 0 Å². The molecule has 0 unspecified atom stereocenters. The molecule has 0 spiro atoms. The highest BCUT2D eigenvalue weighted by atomic mass is 16.5. The number of likely N-dealkylation sites (tertiary alicyclic amines) is 1. The molecule has 4 heterocycles. The Hall–Kier alpha value is -3.40. The van der Waals surface area contributed by atoms with Crippen molar-refractivity contribution in [1.29, 1.82) is 0 Å². The first-order valence-electron chi connectivity index (χ1n) is 14.5.